The molecule has 0 aliphatic rings. The van der Waals surface area contributed by atoms with Crippen LogP contribution in [0.25, 0.3) is 0 Å². The zero-order chi connectivity index (χ0) is 21.1. The highest BCUT2D eigenvalue weighted by Crippen LogP contribution is 2.20. The Morgan fingerprint density at radius 2 is 1.97 bits per heavy atom. The lowest BCUT2D eigenvalue weighted by Gasteiger charge is -2.13. The smallest absolute Gasteiger partial charge is 0.387 e. The predicted molar refractivity (Wildman–Crippen MR) is 124 cm³/mol. The maximum atomic E-state index is 12.5. The third-order valence-corrected chi connectivity index (χ3v) is 3.67. The number of carbonyl (C=O) groups is 1. The monoisotopic (exact) mass is 528 g/mol. The number of nitrogens with zero attached hydrogens (tertiary/aromatic N) is 1. The molecule has 0 aliphatic carbocycles. The number of halogens is 3. The third-order valence-electron chi connectivity index (χ3n) is 3.67. The van der Waals surface area contributed by atoms with Gasteiger partial charge in [-0.3, -0.25) is 4.79 Å². The number of nitrogens with one attached hydrogen (secondary N) is 3. The van der Waals surface area contributed by atoms with Gasteiger partial charge in [-0.15, -0.1) is 30.4 Å². The lowest BCUT2D eigenvalue weighted by molar-refractivity contribution is -0.115. The number of hydrogen-bond acceptors (Lipinski definition) is 3. The Morgan fingerprint density at radius 3 is 2.67 bits per heavy atom. The van der Waals surface area contributed by atoms with E-state index in [-0.39, 0.29) is 48.7 Å². The first-order valence-corrected chi connectivity index (χ1v) is 8.93. The summed E-state index contributed by atoms with van der Waals surface area (Å²) < 4.78 is 29.5. The summed E-state index contributed by atoms with van der Waals surface area (Å²) in [5.74, 6) is 2.65. The molecule has 0 saturated heterocycles. The lowest BCUT2D eigenvalue weighted by Crippen LogP contribution is -2.41. The van der Waals surface area contributed by atoms with Gasteiger partial charge < -0.3 is 20.7 Å². The van der Waals surface area contributed by atoms with Crippen molar-refractivity contribution in [3.8, 4) is 18.1 Å². The number of ether oxygens (including phenoxy) is 1. The minimum atomic E-state index is -2.91. The van der Waals surface area contributed by atoms with E-state index in [4.69, 9.17) is 6.42 Å². The highest BCUT2D eigenvalue weighted by atomic mass is 127. The van der Waals surface area contributed by atoms with Crippen molar-refractivity contribution in [2.75, 3.05) is 18.4 Å². The molecule has 0 saturated carbocycles. The second-order valence-corrected chi connectivity index (χ2v) is 5.81. The second kappa shape index (κ2) is 13.4. The van der Waals surface area contributed by atoms with Gasteiger partial charge in [0.1, 0.15) is 5.75 Å². The molecule has 9 heteroatoms. The summed E-state index contributed by atoms with van der Waals surface area (Å²) in [4.78, 5) is 16.5. The molecule has 3 N–H and O–H groups in total. The highest BCUT2D eigenvalue weighted by Gasteiger charge is 2.09. The zero-order valence-corrected chi connectivity index (χ0v) is 18.7. The predicted octanol–water partition coefficient (Wildman–Crippen LogP) is 3.58. The van der Waals surface area contributed by atoms with E-state index < -0.39 is 6.61 Å². The number of alkyl halides is 2. The Balaban J connectivity index is 0.00000450. The first kappa shape index (κ1) is 25.2. The molecule has 160 valence electrons. The van der Waals surface area contributed by atoms with Crippen LogP contribution in [0.15, 0.2) is 53.5 Å². The van der Waals surface area contributed by atoms with Crippen LogP contribution in [0.3, 0.4) is 0 Å². The van der Waals surface area contributed by atoms with Crippen molar-refractivity contribution in [3.05, 3.63) is 59.7 Å². The second-order valence-electron chi connectivity index (χ2n) is 5.81. The van der Waals surface area contributed by atoms with Crippen LogP contribution in [0, 0.1) is 12.3 Å². The largest absolute Gasteiger partial charge is 0.434 e. The number of para-hydroxylation sites is 1. The van der Waals surface area contributed by atoms with E-state index in [1.54, 1.807) is 42.5 Å². The maximum absolute atomic E-state index is 12.5. The number of hydrogen-bond donors (Lipinski definition) is 3. The summed E-state index contributed by atoms with van der Waals surface area (Å²) in [6.07, 6.45) is 5.35. The van der Waals surface area contributed by atoms with Crippen molar-refractivity contribution >= 4 is 41.5 Å². The van der Waals surface area contributed by atoms with Crippen LogP contribution < -0.4 is 20.7 Å². The summed E-state index contributed by atoms with van der Waals surface area (Å²) in [5, 5.41) is 8.63. The van der Waals surface area contributed by atoms with Gasteiger partial charge in [0, 0.05) is 23.4 Å². The molecule has 0 spiro atoms. The standard InChI is InChI=1S/C21H22F2N4O2.HI/c1-3-15-8-7-10-17(12-15)27-19(28)14-26-21(24-4-2)25-13-16-9-5-6-11-18(16)29-20(22)23;/h1,5-12,20H,4,13-14H2,2H3,(H,27,28)(H2,24,25,26);1H. The lowest BCUT2D eigenvalue weighted by atomic mass is 10.2. The fraction of sp³-hybridized carbons (Fsp3) is 0.238. The maximum Gasteiger partial charge on any atom is 0.387 e. The Kier molecular flexibility index (Phi) is 11.2. The van der Waals surface area contributed by atoms with E-state index >= 15 is 0 Å². The number of anilines is 1. The summed E-state index contributed by atoms with van der Waals surface area (Å²) in [5.41, 5.74) is 1.75. The van der Waals surface area contributed by atoms with Crippen LogP contribution in [0.4, 0.5) is 14.5 Å². The topological polar surface area (TPSA) is 74.8 Å². The number of amides is 1. The summed E-state index contributed by atoms with van der Waals surface area (Å²) in [6.45, 7) is -0.419. The SMILES string of the molecule is C#Cc1cccc(NC(=O)CNC(=NCc2ccccc2OC(F)F)NCC)c1.I. The van der Waals surface area contributed by atoms with Gasteiger partial charge in [0.25, 0.3) is 0 Å². The molecular weight excluding hydrogens is 505 g/mol. The van der Waals surface area contributed by atoms with Crippen LogP contribution in [0.2, 0.25) is 0 Å². The highest BCUT2D eigenvalue weighted by molar-refractivity contribution is 14.0. The van der Waals surface area contributed by atoms with Crippen molar-refractivity contribution in [2.24, 2.45) is 4.99 Å². The molecule has 1 amide bonds. The molecular formula is C21H23F2IN4O2. The molecule has 0 aliphatic heterocycles. The van der Waals surface area contributed by atoms with E-state index in [0.717, 1.165) is 0 Å². The summed E-state index contributed by atoms with van der Waals surface area (Å²) in [6, 6.07) is 13.4. The number of carbonyl (C=O) groups excluding carboxylic acids is 1. The quantitative estimate of drug-likeness (QED) is 0.212. The van der Waals surface area contributed by atoms with E-state index in [1.165, 1.54) is 6.07 Å². The molecule has 0 heterocycles. The fourth-order valence-electron chi connectivity index (χ4n) is 2.41. The zero-order valence-electron chi connectivity index (χ0n) is 16.3. The minimum absolute atomic E-state index is 0. The van der Waals surface area contributed by atoms with E-state index in [1.807, 2.05) is 6.92 Å². The summed E-state index contributed by atoms with van der Waals surface area (Å²) in [7, 11) is 0. The van der Waals surface area contributed by atoms with Gasteiger partial charge >= 0.3 is 6.61 Å². The van der Waals surface area contributed by atoms with Crippen molar-refractivity contribution in [2.45, 2.75) is 20.1 Å². The minimum Gasteiger partial charge on any atom is -0.434 e. The average Bonchev–Trinajstić information content (AvgIpc) is 2.70. The van der Waals surface area contributed by atoms with Gasteiger partial charge in [0.05, 0.1) is 13.1 Å². The van der Waals surface area contributed by atoms with Gasteiger partial charge in [-0.1, -0.05) is 30.2 Å². The number of rotatable bonds is 8. The van der Waals surface area contributed by atoms with Crippen LogP contribution in [-0.4, -0.2) is 31.6 Å². The first-order chi connectivity index (χ1) is 14.0. The van der Waals surface area contributed by atoms with Gasteiger partial charge in [0.2, 0.25) is 5.91 Å². The van der Waals surface area contributed by atoms with Crippen LogP contribution in [0.1, 0.15) is 18.1 Å². The molecule has 2 aromatic rings. The van der Waals surface area contributed by atoms with E-state index in [2.05, 4.69) is 31.6 Å². The third kappa shape index (κ3) is 8.65. The van der Waals surface area contributed by atoms with Gasteiger partial charge in [0.15, 0.2) is 5.96 Å². The molecule has 2 aromatic carbocycles. The van der Waals surface area contributed by atoms with Crippen LogP contribution in [0.5, 0.6) is 5.75 Å². The molecule has 30 heavy (non-hydrogen) atoms. The average molecular weight is 528 g/mol. The van der Waals surface area contributed by atoms with E-state index in [0.29, 0.717) is 29.3 Å². The first-order valence-electron chi connectivity index (χ1n) is 8.93. The molecule has 6 nitrogen and oxygen atoms in total. The van der Waals surface area contributed by atoms with Crippen LogP contribution >= 0.6 is 24.0 Å². The normalized spacial score (nSPS) is 10.6. The summed E-state index contributed by atoms with van der Waals surface area (Å²) >= 11 is 0. The Hall–Kier alpha value is -2.87. The molecule has 0 fully saturated rings. The number of terminal acetylenes is 1. The molecule has 2 rings (SSSR count). The van der Waals surface area contributed by atoms with Crippen molar-refractivity contribution in [3.63, 3.8) is 0 Å². The number of benzene rings is 2. The van der Waals surface area contributed by atoms with Gasteiger partial charge in [-0.25, -0.2) is 4.99 Å². The molecule has 0 aromatic heterocycles. The Bertz CT molecular complexity index is 901. The van der Waals surface area contributed by atoms with Gasteiger partial charge in [-0.2, -0.15) is 8.78 Å². The number of aliphatic imine (C=N–C) groups is 1. The van der Waals surface area contributed by atoms with Gasteiger partial charge in [-0.05, 0) is 31.2 Å². The Morgan fingerprint density at radius 1 is 1.20 bits per heavy atom. The molecule has 0 bridgehead atoms. The molecule has 0 atom stereocenters. The Labute approximate surface area is 191 Å². The molecule has 0 unspecified atom stereocenters. The number of guanidine groups is 1. The van der Waals surface area contributed by atoms with E-state index in [9.17, 15) is 13.6 Å². The fourth-order valence-corrected chi connectivity index (χ4v) is 2.41. The van der Waals surface area contributed by atoms with Crippen molar-refractivity contribution < 1.29 is 18.3 Å². The molecule has 0 radical (unpaired) electrons. The van der Waals surface area contributed by atoms with Crippen molar-refractivity contribution in [1.82, 2.24) is 10.6 Å². The van der Waals surface area contributed by atoms with Crippen molar-refractivity contribution in [1.29, 1.82) is 0 Å². The van der Waals surface area contributed by atoms with Crippen LogP contribution in [-0.2, 0) is 11.3 Å².